The van der Waals surface area contributed by atoms with Crippen molar-refractivity contribution in [1.82, 2.24) is 10.6 Å². The largest absolute Gasteiger partial charge is 0.480 e. The Morgan fingerprint density at radius 3 is 2.62 bits per heavy atom. The molecule has 0 saturated carbocycles. The Bertz CT molecular complexity index is 490. The number of carbonyl (C=O) groups is 3. The zero-order chi connectivity index (χ0) is 15.8. The smallest absolute Gasteiger partial charge is 0.326 e. The lowest BCUT2D eigenvalue weighted by Gasteiger charge is -2.17. The van der Waals surface area contributed by atoms with Crippen LogP contribution < -0.4 is 16.4 Å². The molecule has 0 saturated heterocycles. The lowest BCUT2D eigenvalue weighted by atomic mass is 10.1. The van der Waals surface area contributed by atoms with Crippen molar-refractivity contribution in [2.24, 2.45) is 5.73 Å². The van der Waals surface area contributed by atoms with E-state index in [9.17, 15) is 14.4 Å². The average molecular weight is 313 g/mol. The van der Waals surface area contributed by atoms with Crippen LogP contribution in [0.25, 0.3) is 0 Å². The summed E-state index contributed by atoms with van der Waals surface area (Å²) in [5.74, 6) is -1.80. The lowest BCUT2D eigenvalue weighted by Crippen LogP contribution is -2.49. The number of aliphatic carboxylic acids is 1. The molecular weight excluding hydrogens is 294 g/mol. The van der Waals surface area contributed by atoms with Gasteiger partial charge >= 0.3 is 12.0 Å². The second kappa shape index (κ2) is 8.25. The van der Waals surface area contributed by atoms with E-state index in [1.54, 1.807) is 11.3 Å². The van der Waals surface area contributed by atoms with Crippen LogP contribution >= 0.6 is 11.3 Å². The van der Waals surface area contributed by atoms with Crippen LogP contribution in [0.2, 0.25) is 0 Å². The molecule has 0 aliphatic heterocycles. The van der Waals surface area contributed by atoms with Crippen molar-refractivity contribution in [3.63, 3.8) is 0 Å². The third-order valence-electron chi connectivity index (χ3n) is 2.75. The maximum absolute atomic E-state index is 11.7. The molecule has 2 atom stereocenters. The number of nitrogens with two attached hydrogens (primary N) is 1. The quantitative estimate of drug-likeness (QED) is 0.564. The molecular formula is C13H19N3O4S. The second-order valence-electron chi connectivity index (χ2n) is 4.70. The molecule has 8 heteroatoms. The molecule has 0 spiro atoms. The molecule has 0 bridgehead atoms. The molecule has 1 rings (SSSR count). The van der Waals surface area contributed by atoms with Crippen LogP contribution in [-0.4, -0.2) is 35.1 Å². The molecule has 1 aromatic heterocycles. The summed E-state index contributed by atoms with van der Waals surface area (Å²) in [5, 5.41) is 15.9. The maximum atomic E-state index is 11.7. The minimum absolute atomic E-state index is 0.0304. The highest BCUT2D eigenvalue weighted by Crippen LogP contribution is 2.10. The fourth-order valence-electron chi connectivity index (χ4n) is 1.75. The van der Waals surface area contributed by atoms with Crippen molar-refractivity contribution < 1.29 is 19.5 Å². The number of thiophene rings is 1. The van der Waals surface area contributed by atoms with E-state index in [-0.39, 0.29) is 18.9 Å². The molecule has 0 aromatic carbocycles. The molecule has 1 heterocycles. The van der Waals surface area contributed by atoms with Crippen LogP contribution in [0, 0.1) is 0 Å². The van der Waals surface area contributed by atoms with Gasteiger partial charge < -0.3 is 21.5 Å². The Morgan fingerprint density at radius 2 is 2.10 bits per heavy atom. The number of amides is 3. The summed E-state index contributed by atoms with van der Waals surface area (Å²) < 4.78 is 0. The van der Waals surface area contributed by atoms with Crippen molar-refractivity contribution in [3.8, 4) is 0 Å². The van der Waals surface area contributed by atoms with Crippen molar-refractivity contribution in [2.45, 2.75) is 38.3 Å². The predicted molar refractivity (Wildman–Crippen MR) is 79.0 cm³/mol. The second-order valence-corrected chi connectivity index (χ2v) is 5.73. The first-order chi connectivity index (χ1) is 9.88. The zero-order valence-electron chi connectivity index (χ0n) is 11.7. The number of carboxylic acid groups (broad SMARTS) is 1. The first kappa shape index (κ1) is 17.0. The Labute approximate surface area is 126 Å². The van der Waals surface area contributed by atoms with Gasteiger partial charge in [-0.2, -0.15) is 0 Å². The highest BCUT2D eigenvalue weighted by Gasteiger charge is 2.21. The van der Waals surface area contributed by atoms with E-state index in [0.717, 1.165) is 4.88 Å². The first-order valence-corrected chi connectivity index (χ1v) is 7.37. The van der Waals surface area contributed by atoms with Crippen LogP contribution in [0.5, 0.6) is 0 Å². The predicted octanol–water partition coefficient (Wildman–Crippen LogP) is 0.697. The molecule has 0 radical (unpaired) electrons. The topological polar surface area (TPSA) is 122 Å². The van der Waals surface area contributed by atoms with E-state index in [1.807, 2.05) is 24.4 Å². The summed E-state index contributed by atoms with van der Waals surface area (Å²) in [6.45, 7) is 1.83. The third kappa shape index (κ3) is 6.75. The molecule has 1 unspecified atom stereocenters. The first-order valence-electron chi connectivity index (χ1n) is 6.49. The number of rotatable bonds is 8. The van der Waals surface area contributed by atoms with E-state index >= 15 is 0 Å². The number of primary amides is 1. The Morgan fingerprint density at radius 1 is 1.38 bits per heavy atom. The molecule has 116 valence electrons. The van der Waals surface area contributed by atoms with E-state index in [2.05, 4.69) is 10.6 Å². The van der Waals surface area contributed by atoms with Crippen molar-refractivity contribution in [3.05, 3.63) is 22.4 Å². The summed E-state index contributed by atoms with van der Waals surface area (Å²) in [7, 11) is 0. The SMILES string of the molecule is CC(Cc1cccs1)NC(=O)N[C@@H](CCC(N)=O)C(=O)O. The van der Waals surface area contributed by atoms with Crippen LogP contribution in [0.15, 0.2) is 17.5 Å². The number of carboxylic acids is 1. The molecule has 3 amide bonds. The van der Waals surface area contributed by atoms with Gasteiger partial charge in [-0.15, -0.1) is 11.3 Å². The highest BCUT2D eigenvalue weighted by atomic mass is 32.1. The van der Waals surface area contributed by atoms with Gasteiger partial charge in [-0.3, -0.25) is 4.79 Å². The molecule has 0 aliphatic rings. The van der Waals surface area contributed by atoms with E-state index in [0.29, 0.717) is 6.42 Å². The molecule has 21 heavy (non-hydrogen) atoms. The molecule has 5 N–H and O–H groups in total. The third-order valence-corrected chi connectivity index (χ3v) is 3.65. The fraction of sp³-hybridized carbons (Fsp3) is 0.462. The maximum Gasteiger partial charge on any atom is 0.326 e. The van der Waals surface area contributed by atoms with Gasteiger partial charge in [0.05, 0.1) is 0 Å². The summed E-state index contributed by atoms with van der Waals surface area (Å²) >= 11 is 1.59. The minimum atomic E-state index is -1.20. The summed E-state index contributed by atoms with van der Waals surface area (Å²) in [4.78, 5) is 34.5. The van der Waals surface area contributed by atoms with Crippen LogP contribution in [0.3, 0.4) is 0 Å². The Balaban J connectivity index is 2.42. The van der Waals surface area contributed by atoms with Gasteiger partial charge in [0.25, 0.3) is 0 Å². The number of hydrogen-bond donors (Lipinski definition) is 4. The van der Waals surface area contributed by atoms with E-state index < -0.39 is 23.9 Å². The summed E-state index contributed by atoms with van der Waals surface area (Å²) in [5.41, 5.74) is 4.97. The van der Waals surface area contributed by atoms with Crippen molar-refractivity contribution >= 4 is 29.2 Å². The minimum Gasteiger partial charge on any atom is -0.480 e. The lowest BCUT2D eigenvalue weighted by molar-refractivity contribution is -0.139. The van der Waals surface area contributed by atoms with Crippen molar-refractivity contribution in [2.75, 3.05) is 0 Å². The van der Waals surface area contributed by atoms with Gasteiger partial charge in [-0.1, -0.05) is 6.07 Å². The van der Waals surface area contributed by atoms with E-state index in [1.165, 1.54) is 0 Å². The van der Waals surface area contributed by atoms with Gasteiger partial charge in [-0.05, 0) is 24.8 Å². The number of urea groups is 1. The Kier molecular flexibility index (Phi) is 6.67. The molecule has 0 aliphatic carbocycles. The Hall–Kier alpha value is -2.09. The molecule has 7 nitrogen and oxygen atoms in total. The number of nitrogens with one attached hydrogen (secondary N) is 2. The monoisotopic (exact) mass is 313 g/mol. The molecule has 1 aromatic rings. The van der Waals surface area contributed by atoms with Crippen LogP contribution in [0.4, 0.5) is 4.79 Å². The van der Waals surface area contributed by atoms with Crippen molar-refractivity contribution in [1.29, 1.82) is 0 Å². The van der Waals surface area contributed by atoms with Crippen LogP contribution in [-0.2, 0) is 16.0 Å². The normalized spacial score (nSPS) is 13.2. The van der Waals surface area contributed by atoms with E-state index in [4.69, 9.17) is 10.8 Å². The average Bonchev–Trinajstić information content (AvgIpc) is 2.86. The standard InChI is InChI=1S/C13H19N3O4S/c1-8(7-9-3-2-6-21-9)15-13(20)16-10(12(18)19)4-5-11(14)17/h2-3,6,8,10H,4-5,7H2,1H3,(H2,14,17)(H,18,19)(H2,15,16,20)/t8?,10-/m0/s1. The zero-order valence-corrected chi connectivity index (χ0v) is 12.5. The van der Waals surface area contributed by atoms with Gasteiger partial charge in [-0.25, -0.2) is 9.59 Å². The summed E-state index contributed by atoms with van der Waals surface area (Å²) in [6.07, 6.45) is 0.545. The van der Waals surface area contributed by atoms with Gasteiger partial charge in [0, 0.05) is 23.8 Å². The fourth-order valence-corrected chi connectivity index (χ4v) is 2.58. The van der Waals surface area contributed by atoms with Gasteiger partial charge in [0.2, 0.25) is 5.91 Å². The highest BCUT2D eigenvalue weighted by molar-refractivity contribution is 7.09. The van der Waals surface area contributed by atoms with Gasteiger partial charge in [0.1, 0.15) is 6.04 Å². The molecule has 0 fully saturated rings. The van der Waals surface area contributed by atoms with Crippen LogP contribution in [0.1, 0.15) is 24.6 Å². The number of carbonyl (C=O) groups excluding carboxylic acids is 2. The number of hydrogen-bond acceptors (Lipinski definition) is 4. The van der Waals surface area contributed by atoms with Gasteiger partial charge in [0.15, 0.2) is 0 Å². The summed E-state index contributed by atoms with van der Waals surface area (Å²) in [6, 6.07) is 2.06.